The first-order chi connectivity index (χ1) is 14.3. The molecule has 0 heterocycles. The molecule has 0 aromatic rings. The van der Waals surface area contributed by atoms with Crippen molar-refractivity contribution in [3.8, 4) is 0 Å². The second kappa shape index (κ2) is 13.8. The summed E-state index contributed by atoms with van der Waals surface area (Å²) in [7, 11) is 2.56. The van der Waals surface area contributed by atoms with Crippen LogP contribution >= 0.6 is 0 Å². The molecule has 0 aromatic heterocycles. The molecule has 1 rings (SSSR count). The van der Waals surface area contributed by atoms with Crippen LogP contribution in [0.25, 0.3) is 0 Å². The topological polar surface area (TPSA) is 72.8 Å². The van der Waals surface area contributed by atoms with E-state index in [0.29, 0.717) is 0 Å². The Labute approximate surface area is 187 Å². The molecule has 30 heavy (non-hydrogen) atoms. The summed E-state index contributed by atoms with van der Waals surface area (Å²) in [5.74, 6) is -1.42. The van der Waals surface area contributed by atoms with Gasteiger partial charge in [-0.3, -0.25) is 0 Å². The van der Waals surface area contributed by atoms with Crippen LogP contribution in [0.4, 0.5) is 0 Å². The van der Waals surface area contributed by atoms with Gasteiger partial charge < -0.3 is 0 Å². The van der Waals surface area contributed by atoms with E-state index in [2.05, 4.69) is 32.9 Å². The Hall–Kier alpha value is -0.561. The second-order valence-electron chi connectivity index (χ2n) is 9.15. The predicted octanol–water partition coefficient (Wildman–Crippen LogP) is 5.50. The normalized spacial score (nSPS) is 21.1. The van der Waals surface area contributed by atoms with Crippen molar-refractivity contribution in [1.82, 2.24) is 0 Å². The molecular weight excluding hydrogens is 487 g/mol. The molecule has 0 aromatic carbocycles. The first-order valence-electron chi connectivity index (χ1n) is 11.9. The number of esters is 2. The summed E-state index contributed by atoms with van der Waals surface area (Å²) in [6, 6.07) is 0. The minimum atomic E-state index is -2.27. The van der Waals surface area contributed by atoms with E-state index in [1.165, 1.54) is 70.5 Å². The fraction of sp³-hybridized carbons (Fsp3) is 0.833. The monoisotopic (exact) mass is 532 g/mol. The Morgan fingerprint density at radius 3 is 1.80 bits per heavy atom. The third-order valence-corrected chi connectivity index (χ3v) is 22.2. The zero-order chi connectivity index (χ0) is 22.6. The zero-order valence-electron chi connectivity index (χ0n) is 19.9. The molecule has 2 atom stereocenters. The van der Waals surface area contributed by atoms with Crippen LogP contribution in [0.2, 0.25) is 17.7 Å². The van der Waals surface area contributed by atoms with E-state index in [1.807, 2.05) is 0 Å². The van der Waals surface area contributed by atoms with E-state index >= 15 is 0 Å². The molecule has 0 amide bonds. The molecule has 5 nitrogen and oxygen atoms in total. The molecule has 0 radical (unpaired) electrons. The van der Waals surface area contributed by atoms with Gasteiger partial charge in [0, 0.05) is 0 Å². The quantitative estimate of drug-likeness (QED) is 0.139. The van der Waals surface area contributed by atoms with E-state index in [0.717, 1.165) is 0 Å². The molecule has 0 unspecified atom stereocenters. The second-order valence-corrected chi connectivity index (χ2v) is 23.2. The Balaban J connectivity index is 2.97. The molecule has 0 spiro atoms. The fourth-order valence-corrected chi connectivity index (χ4v) is 20.1. The van der Waals surface area contributed by atoms with Gasteiger partial charge in [0.15, 0.2) is 0 Å². The average molecular weight is 531 g/mol. The van der Waals surface area contributed by atoms with Crippen LogP contribution < -0.4 is 0 Å². The number of aliphatic hydroxyl groups is 1. The van der Waals surface area contributed by atoms with Gasteiger partial charge in [-0.1, -0.05) is 0 Å². The van der Waals surface area contributed by atoms with E-state index in [4.69, 9.17) is 9.47 Å². The van der Waals surface area contributed by atoms with Crippen LogP contribution in [0.5, 0.6) is 0 Å². The van der Waals surface area contributed by atoms with Crippen molar-refractivity contribution >= 4 is 30.3 Å². The molecule has 1 aliphatic rings. The van der Waals surface area contributed by atoms with Crippen LogP contribution in [0.3, 0.4) is 0 Å². The number of hydrogen-bond donors (Lipinski definition) is 1. The number of allylic oxidation sites excluding steroid dienone is 1. The van der Waals surface area contributed by atoms with E-state index in [9.17, 15) is 14.7 Å². The number of hydrogen-bond acceptors (Lipinski definition) is 5. The molecule has 1 fully saturated rings. The summed E-state index contributed by atoms with van der Waals surface area (Å²) >= 11 is -2.27. The molecule has 0 aliphatic heterocycles. The van der Waals surface area contributed by atoms with Crippen molar-refractivity contribution in [3.05, 3.63) is 12.2 Å². The Bertz CT molecular complexity index is 522. The molecule has 0 bridgehead atoms. The van der Waals surface area contributed by atoms with Crippen molar-refractivity contribution in [1.29, 1.82) is 0 Å². The Kier molecular flexibility index (Phi) is 12.6. The number of methoxy groups -OCH3 is 2. The minimum absolute atomic E-state index is 0.0667. The molecular formula is C24H44O5Sn. The third kappa shape index (κ3) is 7.25. The van der Waals surface area contributed by atoms with Crippen molar-refractivity contribution < 1.29 is 24.2 Å². The van der Waals surface area contributed by atoms with E-state index in [1.54, 1.807) is 0 Å². The molecule has 1 aliphatic carbocycles. The first kappa shape index (κ1) is 27.5. The standard InChI is InChI=1S/C12H17O5.3C4H9.Sn/c1-4-5-8-6-12(7-9(8)13,10(14)16-2)11(15)17-3;3*1-3-4-2;/h4-5,8-9,13H,1,6-7H2,2-3H3;3*1,3-4H2,2H3;/b5-4+;;;;/t8-,9+;;;;/m0..../s1. The number of carbonyl (C=O) groups is 2. The van der Waals surface area contributed by atoms with Crippen LogP contribution in [-0.4, -0.2) is 55.7 Å². The summed E-state index contributed by atoms with van der Waals surface area (Å²) in [5.41, 5.74) is -1.38. The van der Waals surface area contributed by atoms with Crippen molar-refractivity contribution in [2.75, 3.05) is 14.2 Å². The molecule has 1 saturated carbocycles. The first-order valence-corrected chi connectivity index (χ1v) is 19.9. The van der Waals surface area contributed by atoms with Crippen molar-refractivity contribution in [2.24, 2.45) is 11.3 Å². The number of rotatable bonds is 14. The van der Waals surface area contributed by atoms with Gasteiger partial charge >= 0.3 is 188 Å². The molecule has 6 heteroatoms. The molecule has 174 valence electrons. The van der Waals surface area contributed by atoms with Gasteiger partial charge in [-0.05, 0) is 0 Å². The SMILES string of the molecule is CCC[CH2][Sn]([CH2]/C=C/[C@H]1CC(C(=O)OC)(C(=O)OC)C[C@H]1O)([CH2]CCC)[CH2]CCC. The van der Waals surface area contributed by atoms with Gasteiger partial charge in [0.25, 0.3) is 0 Å². The number of unbranched alkanes of at least 4 members (excludes halogenated alkanes) is 3. The predicted molar refractivity (Wildman–Crippen MR) is 124 cm³/mol. The number of carbonyl (C=O) groups excluding carboxylic acids is 2. The summed E-state index contributed by atoms with van der Waals surface area (Å²) in [6.07, 6.45) is 11.7. The van der Waals surface area contributed by atoms with Crippen LogP contribution in [0, 0.1) is 11.3 Å². The summed E-state index contributed by atoms with van der Waals surface area (Å²) in [5, 5.41) is 10.6. The van der Waals surface area contributed by atoms with Crippen molar-refractivity contribution in [3.63, 3.8) is 0 Å². The summed E-state index contributed by atoms with van der Waals surface area (Å²) in [6.45, 7) is 6.83. The number of ether oxygens (including phenoxy) is 2. The number of aliphatic hydroxyl groups excluding tert-OH is 1. The average Bonchev–Trinajstić information content (AvgIpc) is 3.10. The van der Waals surface area contributed by atoms with Crippen LogP contribution in [0.1, 0.15) is 72.1 Å². The van der Waals surface area contributed by atoms with Gasteiger partial charge in [-0.25, -0.2) is 0 Å². The van der Waals surface area contributed by atoms with Crippen LogP contribution in [0.15, 0.2) is 12.2 Å². The molecule has 0 saturated heterocycles. The fourth-order valence-electron chi connectivity index (χ4n) is 4.96. The maximum absolute atomic E-state index is 12.4. The Morgan fingerprint density at radius 2 is 1.40 bits per heavy atom. The molecule has 1 N–H and O–H groups in total. The van der Waals surface area contributed by atoms with Crippen LogP contribution in [-0.2, 0) is 19.1 Å². The Morgan fingerprint density at radius 1 is 0.933 bits per heavy atom. The van der Waals surface area contributed by atoms with E-state index < -0.39 is 41.8 Å². The van der Waals surface area contributed by atoms with Gasteiger partial charge in [-0.2, -0.15) is 0 Å². The summed E-state index contributed by atoms with van der Waals surface area (Å²) < 4.78 is 15.3. The maximum atomic E-state index is 12.4. The van der Waals surface area contributed by atoms with Gasteiger partial charge in [0.1, 0.15) is 0 Å². The van der Waals surface area contributed by atoms with Gasteiger partial charge in [0.2, 0.25) is 0 Å². The summed E-state index contributed by atoms with van der Waals surface area (Å²) in [4.78, 5) is 24.7. The third-order valence-electron chi connectivity index (χ3n) is 6.90. The van der Waals surface area contributed by atoms with Gasteiger partial charge in [-0.15, -0.1) is 0 Å². The van der Waals surface area contributed by atoms with Gasteiger partial charge in [0.05, 0.1) is 0 Å². The van der Waals surface area contributed by atoms with Crippen molar-refractivity contribution in [2.45, 2.75) is 96.0 Å². The van der Waals surface area contributed by atoms with E-state index in [-0.39, 0.29) is 18.8 Å². The zero-order valence-corrected chi connectivity index (χ0v) is 22.7.